The molecule has 1 aromatic carbocycles. The van der Waals surface area contributed by atoms with Crippen LogP contribution >= 0.6 is 35.0 Å². The van der Waals surface area contributed by atoms with E-state index in [1.807, 2.05) is 4.72 Å². The monoisotopic (exact) mass is 375 g/mol. The minimum Gasteiger partial charge on any atom is -0.480 e. The molecule has 118 valence electrons. The molecule has 0 fully saturated rings. The summed E-state index contributed by atoms with van der Waals surface area (Å²) in [5, 5.41) is 8.01. The van der Waals surface area contributed by atoms with Gasteiger partial charge in [0.05, 0.1) is 10.0 Å². The zero-order valence-corrected chi connectivity index (χ0v) is 13.9. The summed E-state index contributed by atoms with van der Waals surface area (Å²) in [5.74, 6) is -1.95. The first-order valence-corrected chi connectivity index (χ1v) is 9.21. The van der Waals surface area contributed by atoms with Gasteiger partial charge in [0.2, 0.25) is 10.0 Å². The number of carbonyl (C=O) groups is 1. The van der Waals surface area contributed by atoms with E-state index in [0.29, 0.717) is 5.75 Å². The number of carboxylic acids is 1. The molecule has 0 aliphatic carbocycles. The van der Waals surface area contributed by atoms with Gasteiger partial charge in [-0.25, -0.2) is 12.8 Å². The Balaban J connectivity index is 3.11. The Bertz CT molecular complexity index is 639. The second kappa shape index (κ2) is 7.64. The van der Waals surface area contributed by atoms with E-state index in [4.69, 9.17) is 28.3 Å². The second-order valence-electron chi connectivity index (χ2n) is 3.97. The van der Waals surface area contributed by atoms with E-state index >= 15 is 0 Å². The fourth-order valence-corrected chi connectivity index (χ4v) is 3.87. The number of hydrogen-bond donors (Lipinski definition) is 2. The van der Waals surface area contributed by atoms with Crippen molar-refractivity contribution in [2.75, 3.05) is 12.0 Å². The lowest BCUT2D eigenvalue weighted by atomic mass is 10.2. The molecule has 0 saturated heterocycles. The first-order valence-electron chi connectivity index (χ1n) is 5.58. The Labute approximate surface area is 135 Å². The molecule has 10 heteroatoms. The van der Waals surface area contributed by atoms with Crippen molar-refractivity contribution in [2.24, 2.45) is 0 Å². The summed E-state index contributed by atoms with van der Waals surface area (Å²) < 4.78 is 39.8. The van der Waals surface area contributed by atoms with Crippen LogP contribution in [-0.4, -0.2) is 37.5 Å². The Morgan fingerprint density at radius 2 is 2.10 bits per heavy atom. The molecule has 0 bridgehead atoms. The first-order chi connectivity index (χ1) is 9.70. The van der Waals surface area contributed by atoms with Crippen LogP contribution in [0.4, 0.5) is 4.39 Å². The van der Waals surface area contributed by atoms with Crippen LogP contribution < -0.4 is 4.72 Å². The molecule has 0 saturated carbocycles. The highest BCUT2D eigenvalue weighted by atomic mass is 35.5. The van der Waals surface area contributed by atoms with E-state index in [9.17, 15) is 17.6 Å². The molecule has 21 heavy (non-hydrogen) atoms. The minimum atomic E-state index is -4.28. The first kappa shape index (κ1) is 18.5. The van der Waals surface area contributed by atoms with Gasteiger partial charge in [-0.1, -0.05) is 23.2 Å². The number of carboxylic acid groups (broad SMARTS) is 1. The number of benzene rings is 1. The molecule has 0 heterocycles. The predicted molar refractivity (Wildman–Crippen MR) is 81.2 cm³/mol. The van der Waals surface area contributed by atoms with Crippen molar-refractivity contribution in [3.63, 3.8) is 0 Å². The van der Waals surface area contributed by atoms with E-state index < -0.39 is 37.8 Å². The van der Waals surface area contributed by atoms with Crippen molar-refractivity contribution in [1.29, 1.82) is 0 Å². The number of rotatable bonds is 7. The lowest BCUT2D eigenvalue weighted by Gasteiger charge is -2.15. The van der Waals surface area contributed by atoms with Gasteiger partial charge in [0.15, 0.2) is 5.82 Å². The normalized spacial score (nSPS) is 13.1. The SMILES string of the molecule is CSCC[C@H](NS(=O)(=O)c1ccc(Cl)c(F)c1Cl)C(=O)O. The predicted octanol–water partition coefficient (Wildman–Crippen LogP) is 2.62. The zero-order valence-electron chi connectivity index (χ0n) is 10.8. The average Bonchev–Trinajstić information content (AvgIpc) is 2.40. The van der Waals surface area contributed by atoms with Gasteiger partial charge in [0.25, 0.3) is 0 Å². The van der Waals surface area contributed by atoms with Crippen LogP contribution in [0.2, 0.25) is 10.0 Å². The Morgan fingerprint density at radius 1 is 1.48 bits per heavy atom. The maximum atomic E-state index is 13.5. The number of sulfonamides is 1. The smallest absolute Gasteiger partial charge is 0.321 e. The molecule has 0 amide bonds. The van der Waals surface area contributed by atoms with Gasteiger partial charge >= 0.3 is 5.97 Å². The quantitative estimate of drug-likeness (QED) is 0.715. The molecule has 1 atom stereocenters. The maximum absolute atomic E-state index is 13.5. The standard InChI is InChI=1S/C11H12Cl2FNO4S2/c1-20-5-4-7(11(16)17)15-21(18,19)8-3-2-6(12)10(14)9(8)13/h2-3,7,15H,4-5H2,1H3,(H,16,17)/t7-/m0/s1. The lowest BCUT2D eigenvalue weighted by Crippen LogP contribution is -2.41. The van der Waals surface area contributed by atoms with Crippen molar-refractivity contribution in [1.82, 2.24) is 4.72 Å². The van der Waals surface area contributed by atoms with Gasteiger partial charge in [-0.3, -0.25) is 4.79 Å². The van der Waals surface area contributed by atoms with Gasteiger partial charge in [0, 0.05) is 0 Å². The molecular formula is C11H12Cl2FNO4S2. The molecule has 0 unspecified atom stereocenters. The Hall–Kier alpha value is -0.540. The van der Waals surface area contributed by atoms with E-state index in [-0.39, 0.29) is 11.4 Å². The summed E-state index contributed by atoms with van der Waals surface area (Å²) in [7, 11) is -4.28. The van der Waals surface area contributed by atoms with Crippen LogP contribution in [0.5, 0.6) is 0 Å². The van der Waals surface area contributed by atoms with Crippen LogP contribution in [0, 0.1) is 5.82 Å². The second-order valence-corrected chi connectivity index (χ2v) is 7.42. The Kier molecular flexibility index (Phi) is 6.73. The van der Waals surface area contributed by atoms with Crippen LogP contribution in [0.3, 0.4) is 0 Å². The molecule has 0 radical (unpaired) electrons. The molecule has 0 aliphatic heterocycles. The van der Waals surface area contributed by atoms with Crippen LogP contribution in [0.25, 0.3) is 0 Å². The third-order valence-electron chi connectivity index (χ3n) is 2.50. The van der Waals surface area contributed by atoms with Crippen LogP contribution in [0.1, 0.15) is 6.42 Å². The van der Waals surface area contributed by atoms with Crippen molar-refractivity contribution in [2.45, 2.75) is 17.4 Å². The van der Waals surface area contributed by atoms with Crippen LogP contribution in [0.15, 0.2) is 17.0 Å². The highest BCUT2D eigenvalue weighted by molar-refractivity contribution is 7.98. The summed E-state index contributed by atoms with van der Waals surface area (Å²) in [6, 6.07) is 0.732. The van der Waals surface area contributed by atoms with Crippen molar-refractivity contribution in [3.05, 3.63) is 28.0 Å². The molecule has 5 nitrogen and oxygen atoms in total. The van der Waals surface area contributed by atoms with Gasteiger partial charge in [0.1, 0.15) is 10.9 Å². The van der Waals surface area contributed by atoms with Gasteiger partial charge in [-0.2, -0.15) is 16.5 Å². The van der Waals surface area contributed by atoms with Crippen molar-refractivity contribution < 1.29 is 22.7 Å². The highest BCUT2D eigenvalue weighted by Crippen LogP contribution is 2.29. The van der Waals surface area contributed by atoms with Gasteiger partial charge in [-0.05, 0) is 30.6 Å². The fourth-order valence-electron chi connectivity index (χ4n) is 1.44. The lowest BCUT2D eigenvalue weighted by molar-refractivity contribution is -0.139. The highest BCUT2D eigenvalue weighted by Gasteiger charge is 2.28. The molecule has 1 aromatic rings. The third kappa shape index (κ3) is 4.72. The number of thioether (sulfide) groups is 1. The van der Waals surface area contributed by atoms with E-state index in [0.717, 1.165) is 12.1 Å². The number of nitrogens with one attached hydrogen (secondary N) is 1. The number of halogens is 3. The molecule has 0 aromatic heterocycles. The molecule has 2 N–H and O–H groups in total. The Morgan fingerprint density at radius 3 is 2.62 bits per heavy atom. The van der Waals surface area contributed by atoms with E-state index in [1.54, 1.807) is 6.26 Å². The van der Waals surface area contributed by atoms with Gasteiger partial charge < -0.3 is 5.11 Å². The summed E-state index contributed by atoms with van der Waals surface area (Å²) in [4.78, 5) is 10.5. The van der Waals surface area contributed by atoms with Crippen molar-refractivity contribution in [3.8, 4) is 0 Å². The average molecular weight is 376 g/mol. The fraction of sp³-hybridized carbons (Fsp3) is 0.364. The van der Waals surface area contributed by atoms with E-state index in [2.05, 4.69) is 0 Å². The molecule has 0 aliphatic rings. The van der Waals surface area contributed by atoms with Gasteiger partial charge in [-0.15, -0.1) is 0 Å². The van der Waals surface area contributed by atoms with Crippen LogP contribution in [-0.2, 0) is 14.8 Å². The van der Waals surface area contributed by atoms with Crippen molar-refractivity contribution >= 4 is 51.0 Å². The summed E-state index contributed by atoms with van der Waals surface area (Å²) >= 11 is 12.5. The topological polar surface area (TPSA) is 83.5 Å². The minimum absolute atomic E-state index is 0.0867. The number of hydrogen-bond acceptors (Lipinski definition) is 4. The molecular weight excluding hydrogens is 364 g/mol. The zero-order chi connectivity index (χ0) is 16.2. The summed E-state index contributed by atoms with van der Waals surface area (Å²) in [5.41, 5.74) is 0. The third-order valence-corrected chi connectivity index (χ3v) is 5.43. The van der Waals surface area contributed by atoms with E-state index in [1.165, 1.54) is 11.8 Å². The molecule has 0 spiro atoms. The maximum Gasteiger partial charge on any atom is 0.321 e. The number of aliphatic carboxylic acids is 1. The summed E-state index contributed by atoms with van der Waals surface area (Å²) in [6.45, 7) is 0. The summed E-state index contributed by atoms with van der Waals surface area (Å²) in [6.07, 6.45) is 1.85. The largest absolute Gasteiger partial charge is 0.480 e. The molecule has 1 rings (SSSR count).